The number of benzene rings is 1. The summed E-state index contributed by atoms with van der Waals surface area (Å²) >= 11 is 2.78. The molecule has 0 spiro atoms. The molecule has 1 aromatic heterocycles. The Hall–Kier alpha value is -1.73. The summed E-state index contributed by atoms with van der Waals surface area (Å²) in [6.07, 6.45) is 2.32. The number of carbonyl (C=O) groups is 1. The normalized spacial score (nSPS) is 18.7. The van der Waals surface area contributed by atoms with Crippen LogP contribution >= 0.6 is 23.1 Å². The van der Waals surface area contributed by atoms with Crippen LogP contribution in [0, 0.1) is 0 Å². The van der Waals surface area contributed by atoms with Crippen molar-refractivity contribution in [3.63, 3.8) is 0 Å². The molecule has 2 heterocycles. The monoisotopic (exact) mass is 469 g/mol. The molecular formula is C18H23N5O4S3. The SMILES string of the molecule is C[C@@H](Sc1nnc(NC2CC2)s1)C(=O)Nc1ccc(S(=O)(=O)N2CCOCC2)cc1. The highest BCUT2D eigenvalue weighted by atomic mass is 32.2. The molecule has 0 unspecified atom stereocenters. The van der Waals surface area contributed by atoms with Gasteiger partial charge in [0.1, 0.15) is 0 Å². The first-order chi connectivity index (χ1) is 14.4. The van der Waals surface area contributed by atoms with Gasteiger partial charge >= 0.3 is 0 Å². The molecule has 1 saturated heterocycles. The van der Waals surface area contributed by atoms with Crippen molar-refractivity contribution in [3.8, 4) is 0 Å². The van der Waals surface area contributed by atoms with Crippen molar-refractivity contribution in [2.24, 2.45) is 0 Å². The molecule has 2 fully saturated rings. The Kier molecular flexibility index (Phi) is 6.58. The van der Waals surface area contributed by atoms with E-state index in [1.54, 1.807) is 19.1 Å². The van der Waals surface area contributed by atoms with E-state index in [1.807, 2.05) is 0 Å². The second-order valence-electron chi connectivity index (χ2n) is 7.08. The molecule has 30 heavy (non-hydrogen) atoms. The smallest absolute Gasteiger partial charge is 0.243 e. The van der Waals surface area contributed by atoms with Gasteiger partial charge in [0.05, 0.1) is 23.4 Å². The van der Waals surface area contributed by atoms with Crippen LogP contribution in [0.25, 0.3) is 0 Å². The Morgan fingerprint density at radius 1 is 1.23 bits per heavy atom. The molecule has 1 aromatic carbocycles. The number of aromatic nitrogens is 2. The second kappa shape index (κ2) is 9.18. The van der Waals surface area contributed by atoms with Crippen LogP contribution in [-0.4, -0.2) is 66.4 Å². The summed E-state index contributed by atoms with van der Waals surface area (Å²) in [7, 11) is -3.55. The van der Waals surface area contributed by atoms with Crippen molar-refractivity contribution in [2.45, 2.75) is 40.3 Å². The minimum absolute atomic E-state index is 0.185. The van der Waals surface area contributed by atoms with Crippen molar-refractivity contribution in [3.05, 3.63) is 24.3 Å². The molecule has 1 saturated carbocycles. The van der Waals surface area contributed by atoms with E-state index in [1.165, 1.54) is 39.5 Å². The predicted octanol–water partition coefficient (Wildman–Crippen LogP) is 2.25. The lowest BCUT2D eigenvalue weighted by Crippen LogP contribution is -2.40. The Labute approximate surface area is 183 Å². The first-order valence-corrected chi connectivity index (χ1v) is 12.8. The quantitative estimate of drug-likeness (QED) is 0.566. The molecule has 1 amide bonds. The first kappa shape index (κ1) is 21.5. The molecule has 9 nitrogen and oxygen atoms in total. The predicted molar refractivity (Wildman–Crippen MR) is 117 cm³/mol. The Bertz CT molecular complexity index is 986. The summed E-state index contributed by atoms with van der Waals surface area (Å²) in [5, 5.41) is 14.7. The number of nitrogens with one attached hydrogen (secondary N) is 2. The number of nitrogens with zero attached hydrogens (tertiary/aromatic N) is 3. The number of hydrogen-bond acceptors (Lipinski definition) is 9. The van der Waals surface area contributed by atoms with Crippen LogP contribution in [0.5, 0.6) is 0 Å². The Morgan fingerprint density at radius 2 is 1.93 bits per heavy atom. The second-order valence-corrected chi connectivity index (χ2v) is 11.6. The van der Waals surface area contributed by atoms with Gasteiger partial charge in [0.25, 0.3) is 0 Å². The van der Waals surface area contributed by atoms with Crippen molar-refractivity contribution in [1.29, 1.82) is 0 Å². The third-order valence-electron chi connectivity index (χ3n) is 4.69. The van der Waals surface area contributed by atoms with Crippen molar-refractivity contribution < 1.29 is 17.9 Å². The number of anilines is 2. The van der Waals surface area contributed by atoms with Gasteiger partial charge in [-0.1, -0.05) is 23.1 Å². The zero-order valence-corrected chi connectivity index (χ0v) is 18.9. The van der Waals surface area contributed by atoms with Gasteiger partial charge in [0.2, 0.25) is 21.1 Å². The number of sulfonamides is 1. The minimum atomic E-state index is -3.55. The van der Waals surface area contributed by atoms with E-state index in [0.29, 0.717) is 38.0 Å². The van der Waals surface area contributed by atoms with Gasteiger partial charge in [-0.2, -0.15) is 4.31 Å². The number of hydrogen-bond donors (Lipinski definition) is 2. The van der Waals surface area contributed by atoms with Gasteiger partial charge in [0.15, 0.2) is 4.34 Å². The number of morpholine rings is 1. The fourth-order valence-corrected chi connectivity index (χ4v) is 6.19. The molecule has 2 aliphatic rings. The van der Waals surface area contributed by atoms with Crippen LogP contribution < -0.4 is 10.6 Å². The number of ether oxygens (including phenoxy) is 1. The highest BCUT2D eigenvalue weighted by Gasteiger charge is 2.26. The average Bonchev–Trinajstić information content (AvgIpc) is 3.46. The maximum atomic E-state index is 12.7. The largest absolute Gasteiger partial charge is 0.379 e. The van der Waals surface area contributed by atoms with E-state index in [2.05, 4.69) is 20.8 Å². The van der Waals surface area contributed by atoms with Gasteiger partial charge in [-0.05, 0) is 44.0 Å². The molecule has 0 radical (unpaired) electrons. The van der Waals surface area contributed by atoms with Crippen molar-refractivity contribution in [1.82, 2.24) is 14.5 Å². The molecule has 2 N–H and O–H groups in total. The molecule has 4 rings (SSSR count). The van der Waals surface area contributed by atoms with Gasteiger partial charge in [0, 0.05) is 24.8 Å². The molecule has 0 bridgehead atoms. The van der Waals surface area contributed by atoms with E-state index >= 15 is 0 Å². The van der Waals surface area contributed by atoms with E-state index in [-0.39, 0.29) is 16.1 Å². The maximum Gasteiger partial charge on any atom is 0.243 e. The van der Waals surface area contributed by atoms with E-state index in [4.69, 9.17) is 4.74 Å². The standard InChI is InChI=1S/C18H23N5O4S3/c1-12(28-18-22-21-17(29-18)20-14-2-3-14)16(24)19-13-4-6-15(7-5-13)30(25,26)23-8-10-27-11-9-23/h4-7,12,14H,2-3,8-11H2,1H3,(H,19,24)(H,20,21)/t12-/m1/s1. The summed E-state index contributed by atoms with van der Waals surface area (Å²) in [5.41, 5.74) is 0.543. The zero-order valence-electron chi connectivity index (χ0n) is 16.4. The van der Waals surface area contributed by atoms with E-state index in [0.717, 1.165) is 22.3 Å². The third-order valence-corrected chi connectivity index (χ3v) is 8.64. The summed E-state index contributed by atoms with van der Waals surface area (Å²) in [4.78, 5) is 12.7. The van der Waals surface area contributed by atoms with Crippen LogP contribution in [0.3, 0.4) is 0 Å². The summed E-state index contributed by atoms with van der Waals surface area (Å²) < 4.78 is 32.7. The van der Waals surface area contributed by atoms with E-state index < -0.39 is 10.0 Å². The van der Waals surface area contributed by atoms with Gasteiger partial charge in [-0.25, -0.2) is 8.42 Å². The lowest BCUT2D eigenvalue weighted by atomic mass is 10.3. The molecule has 1 aliphatic heterocycles. The third kappa shape index (κ3) is 5.30. The molecule has 2 aromatic rings. The number of carbonyl (C=O) groups excluding carboxylic acids is 1. The number of rotatable bonds is 8. The molecule has 1 aliphatic carbocycles. The highest BCUT2D eigenvalue weighted by molar-refractivity contribution is 8.02. The first-order valence-electron chi connectivity index (χ1n) is 9.67. The van der Waals surface area contributed by atoms with Crippen molar-refractivity contribution in [2.75, 3.05) is 36.9 Å². The molecular weight excluding hydrogens is 446 g/mol. The fourth-order valence-electron chi connectivity index (χ4n) is 2.81. The summed E-state index contributed by atoms with van der Waals surface area (Å²) in [5.74, 6) is -0.185. The maximum absolute atomic E-state index is 12.7. The van der Waals surface area contributed by atoms with Gasteiger partial charge in [-0.3, -0.25) is 4.79 Å². The Morgan fingerprint density at radius 3 is 2.60 bits per heavy atom. The summed E-state index contributed by atoms with van der Waals surface area (Å²) in [6, 6.07) is 6.74. The number of thioether (sulfide) groups is 1. The van der Waals surface area contributed by atoms with Crippen LogP contribution in [0.1, 0.15) is 19.8 Å². The zero-order chi connectivity index (χ0) is 21.1. The van der Waals surface area contributed by atoms with Crippen molar-refractivity contribution >= 4 is 49.8 Å². The van der Waals surface area contributed by atoms with Crippen LogP contribution in [0.15, 0.2) is 33.5 Å². The summed E-state index contributed by atoms with van der Waals surface area (Å²) in [6.45, 7) is 3.29. The van der Waals surface area contributed by atoms with Crippen LogP contribution in [0.2, 0.25) is 0 Å². The van der Waals surface area contributed by atoms with Gasteiger partial charge < -0.3 is 15.4 Å². The van der Waals surface area contributed by atoms with Crippen LogP contribution in [-0.2, 0) is 19.6 Å². The molecule has 1 atom stereocenters. The lowest BCUT2D eigenvalue weighted by molar-refractivity contribution is -0.115. The number of amides is 1. The Balaban J connectivity index is 1.33. The average molecular weight is 470 g/mol. The van der Waals surface area contributed by atoms with Crippen LogP contribution in [0.4, 0.5) is 10.8 Å². The van der Waals surface area contributed by atoms with E-state index in [9.17, 15) is 13.2 Å². The minimum Gasteiger partial charge on any atom is -0.379 e. The molecule has 12 heteroatoms. The topological polar surface area (TPSA) is 114 Å². The lowest BCUT2D eigenvalue weighted by Gasteiger charge is -2.26. The fraction of sp³-hybridized carbons (Fsp3) is 0.500. The highest BCUT2D eigenvalue weighted by Crippen LogP contribution is 2.32. The van der Waals surface area contributed by atoms with Gasteiger partial charge in [-0.15, -0.1) is 10.2 Å². The molecule has 162 valence electrons.